The number of imidazole rings is 1. The Labute approximate surface area is 146 Å². The fraction of sp³-hybridized carbons (Fsp3) is 0.611. The van der Waals surface area contributed by atoms with E-state index in [2.05, 4.69) is 6.08 Å². The van der Waals surface area contributed by atoms with Gasteiger partial charge in [0.2, 0.25) is 0 Å². The standard InChI is InChI=1S/C18H27N5O2/c1-11(2)8-9-23-14-16(21(3)18(25)22(4)17(14)24)20-15(23)12-6-5-7-13(19)10-12/h8,12-13H,5-7,9-10,19H2,1-4H3. The van der Waals surface area contributed by atoms with E-state index in [-0.39, 0.29) is 23.2 Å². The summed E-state index contributed by atoms with van der Waals surface area (Å²) in [7, 11) is 3.18. The Morgan fingerprint density at radius 1 is 1.24 bits per heavy atom. The van der Waals surface area contributed by atoms with Gasteiger partial charge in [-0.15, -0.1) is 0 Å². The minimum atomic E-state index is -0.351. The molecular formula is C18H27N5O2. The normalized spacial score (nSPS) is 20.8. The molecule has 0 bridgehead atoms. The summed E-state index contributed by atoms with van der Waals surface area (Å²) in [6.45, 7) is 4.64. The second kappa shape index (κ2) is 6.63. The van der Waals surface area contributed by atoms with Crippen LogP contribution in [0.3, 0.4) is 0 Å². The van der Waals surface area contributed by atoms with Crippen molar-refractivity contribution in [3.05, 3.63) is 38.3 Å². The van der Waals surface area contributed by atoms with Crippen LogP contribution in [0.1, 0.15) is 51.3 Å². The quantitative estimate of drug-likeness (QED) is 0.852. The van der Waals surface area contributed by atoms with Gasteiger partial charge < -0.3 is 10.3 Å². The highest BCUT2D eigenvalue weighted by atomic mass is 16.2. The molecule has 2 aromatic heterocycles. The second-order valence-electron chi connectivity index (χ2n) is 7.36. The molecule has 2 atom stereocenters. The van der Waals surface area contributed by atoms with E-state index in [1.54, 1.807) is 7.05 Å². The maximum absolute atomic E-state index is 12.8. The monoisotopic (exact) mass is 345 g/mol. The Kier molecular flexibility index (Phi) is 4.69. The van der Waals surface area contributed by atoms with Crippen LogP contribution in [0.4, 0.5) is 0 Å². The van der Waals surface area contributed by atoms with Crippen molar-refractivity contribution in [3.63, 3.8) is 0 Å². The molecule has 2 heterocycles. The van der Waals surface area contributed by atoms with Gasteiger partial charge in [0.05, 0.1) is 0 Å². The third kappa shape index (κ3) is 3.08. The van der Waals surface area contributed by atoms with Gasteiger partial charge in [-0.3, -0.25) is 13.9 Å². The third-order valence-electron chi connectivity index (χ3n) is 5.14. The van der Waals surface area contributed by atoms with E-state index >= 15 is 0 Å². The molecule has 0 amide bonds. The molecule has 1 aliphatic rings. The molecule has 1 aliphatic carbocycles. The average Bonchev–Trinajstić information content (AvgIpc) is 2.96. The van der Waals surface area contributed by atoms with Crippen molar-refractivity contribution in [1.29, 1.82) is 0 Å². The Morgan fingerprint density at radius 2 is 1.96 bits per heavy atom. The van der Waals surface area contributed by atoms with E-state index in [0.29, 0.717) is 17.7 Å². The maximum atomic E-state index is 12.8. The summed E-state index contributed by atoms with van der Waals surface area (Å²) in [5, 5.41) is 0. The lowest BCUT2D eigenvalue weighted by Gasteiger charge is -2.26. The largest absolute Gasteiger partial charge is 0.332 e. The third-order valence-corrected chi connectivity index (χ3v) is 5.14. The Balaban J connectivity index is 2.28. The molecule has 0 radical (unpaired) electrons. The van der Waals surface area contributed by atoms with Crippen LogP contribution in [0.15, 0.2) is 21.2 Å². The first-order valence-electron chi connectivity index (χ1n) is 8.86. The predicted molar refractivity (Wildman–Crippen MR) is 98.8 cm³/mol. The van der Waals surface area contributed by atoms with E-state index < -0.39 is 0 Å². The number of aryl methyl sites for hydroxylation is 1. The van der Waals surface area contributed by atoms with Crippen molar-refractivity contribution >= 4 is 11.2 Å². The summed E-state index contributed by atoms with van der Waals surface area (Å²) in [5.41, 5.74) is 7.66. The summed E-state index contributed by atoms with van der Waals surface area (Å²) in [5.74, 6) is 1.10. The van der Waals surface area contributed by atoms with Crippen molar-refractivity contribution in [2.75, 3.05) is 0 Å². The molecule has 0 aliphatic heterocycles. The lowest BCUT2D eigenvalue weighted by molar-refractivity contribution is 0.376. The van der Waals surface area contributed by atoms with Gasteiger partial charge in [-0.1, -0.05) is 18.1 Å². The van der Waals surface area contributed by atoms with Gasteiger partial charge in [-0.2, -0.15) is 0 Å². The molecule has 0 spiro atoms. The van der Waals surface area contributed by atoms with Gasteiger partial charge in [0.1, 0.15) is 5.82 Å². The highest BCUT2D eigenvalue weighted by molar-refractivity contribution is 5.71. The lowest BCUT2D eigenvalue weighted by atomic mass is 9.85. The van der Waals surface area contributed by atoms with E-state index in [1.165, 1.54) is 17.2 Å². The summed E-state index contributed by atoms with van der Waals surface area (Å²) in [4.78, 5) is 29.8. The summed E-state index contributed by atoms with van der Waals surface area (Å²) in [6, 6.07) is 0.169. The summed E-state index contributed by atoms with van der Waals surface area (Å²) in [6.07, 6.45) is 6.06. The molecule has 136 valence electrons. The molecular weight excluding hydrogens is 318 g/mol. The zero-order valence-electron chi connectivity index (χ0n) is 15.5. The Hall–Kier alpha value is -2.15. The van der Waals surface area contributed by atoms with Gasteiger partial charge in [-0.05, 0) is 33.1 Å². The van der Waals surface area contributed by atoms with Crippen molar-refractivity contribution < 1.29 is 0 Å². The fourth-order valence-corrected chi connectivity index (χ4v) is 3.70. The fourth-order valence-electron chi connectivity index (χ4n) is 3.70. The van der Waals surface area contributed by atoms with Crippen LogP contribution in [-0.2, 0) is 20.6 Å². The molecule has 2 unspecified atom stereocenters. The molecule has 1 fully saturated rings. The number of fused-ring (bicyclic) bond motifs is 1. The molecule has 3 rings (SSSR count). The molecule has 0 saturated heterocycles. The number of rotatable bonds is 3. The van der Waals surface area contributed by atoms with Crippen LogP contribution < -0.4 is 17.0 Å². The predicted octanol–water partition coefficient (Wildman–Crippen LogP) is 1.38. The Morgan fingerprint density at radius 3 is 2.60 bits per heavy atom. The summed E-state index contributed by atoms with van der Waals surface area (Å²) < 4.78 is 4.59. The first kappa shape index (κ1) is 17.7. The van der Waals surface area contributed by atoms with E-state index in [0.717, 1.165) is 36.1 Å². The van der Waals surface area contributed by atoms with Gasteiger partial charge >= 0.3 is 5.69 Å². The van der Waals surface area contributed by atoms with Gasteiger partial charge in [0.15, 0.2) is 11.2 Å². The zero-order chi connectivity index (χ0) is 18.3. The van der Waals surface area contributed by atoms with E-state index in [1.807, 2.05) is 18.4 Å². The average molecular weight is 345 g/mol. The molecule has 7 heteroatoms. The number of allylic oxidation sites excluding steroid dienone is 2. The number of nitrogens with zero attached hydrogens (tertiary/aromatic N) is 4. The second-order valence-corrected chi connectivity index (χ2v) is 7.36. The molecule has 25 heavy (non-hydrogen) atoms. The first-order valence-corrected chi connectivity index (χ1v) is 8.86. The highest BCUT2D eigenvalue weighted by Crippen LogP contribution is 2.32. The molecule has 0 aromatic carbocycles. The van der Waals surface area contributed by atoms with Gasteiger partial charge in [0, 0.05) is 32.6 Å². The van der Waals surface area contributed by atoms with Crippen LogP contribution in [0, 0.1) is 0 Å². The number of hydrogen-bond donors (Lipinski definition) is 1. The summed E-state index contributed by atoms with van der Waals surface area (Å²) >= 11 is 0. The number of nitrogens with two attached hydrogens (primary N) is 1. The first-order chi connectivity index (χ1) is 11.8. The Bertz CT molecular complexity index is 943. The topological polar surface area (TPSA) is 87.8 Å². The van der Waals surface area contributed by atoms with Crippen molar-refractivity contribution in [2.24, 2.45) is 19.8 Å². The van der Waals surface area contributed by atoms with Crippen LogP contribution >= 0.6 is 0 Å². The highest BCUT2D eigenvalue weighted by Gasteiger charge is 2.27. The molecule has 1 saturated carbocycles. The smallest absolute Gasteiger partial charge is 0.328 e. The van der Waals surface area contributed by atoms with E-state index in [9.17, 15) is 9.59 Å². The van der Waals surface area contributed by atoms with Crippen molar-refractivity contribution in [2.45, 2.75) is 58.0 Å². The number of aromatic nitrogens is 4. The van der Waals surface area contributed by atoms with Gasteiger partial charge in [0.25, 0.3) is 5.56 Å². The SMILES string of the molecule is CC(C)=CCn1c(C2CCCC(N)C2)nc2c1c(=O)n(C)c(=O)n2C. The van der Waals surface area contributed by atoms with Crippen LogP contribution in [0.5, 0.6) is 0 Å². The zero-order valence-corrected chi connectivity index (χ0v) is 15.5. The van der Waals surface area contributed by atoms with Crippen LogP contribution in [-0.4, -0.2) is 24.7 Å². The van der Waals surface area contributed by atoms with Crippen molar-refractivity contribution in [3.8, 4) is 0 Å². The number of hydrogen-bond acceptors (Lipinski definition) is 4. The molecule has 7 nitrogen and oxygen atoms in total. The van der Waals surface area contributed by atoms with Crippen LogP contribution in [0.2, 0.25) is 0 Å². The van der Waals surface area contributed by atoms with E-state index in [4.69, 9.17) is 10.7 Å². The molecule has 2 aromatic rings. The van der Waals surface area contributed by atoms with Gasteiger partial charge in [-0.25, -0.2) is 9.78 Å². The minimum absolute atomic E-state index is 0.169. The maximum Gasteiger partial charge on any atom is 0.332 e. The molecule has 2 N–H and O–H groups in total. The minimum Gasteiger partial charge on any atom is -0.328 e. The lowest BCUT2D eigenvalue weighted by Crippen LogP contribution is -2.37. The van der Waals surface area contributed by atoms with Crippen LogP contribution in [0.25, 0.3) is 11.2 Å². The van der Waals surface area contributed by atoms with Crippen molar-refractivity contribution in [1.82, 2.24) is 18.7 Å².